The summed E-state index contributed by atoms with van der Waals surface area (Å²) in [5, 5.41) is 15.2. The summed E-state index contributed by atoms with van der Waals surface area (Å²) >= 11 is 0. The van der Waals surface area contributed by atoms with Gasteiger partial charge in [-0.3, -0.25) is 0 Å². The Labute approximate surface area is 146 Å². The average molecular weight is 345 g/mol. The monoisotopic (exact) mass is 345 g/mol. The first kappa shape index (κ1) is 17.4. The normalized spacial score (nSPS) is 17.8. The summed E-state index contributed by atoms with van der Waals surface area (Å²) in [6, 6.07) is 7.80. The summed E-state index contributed by atoms with van der Waals surface area (Å²) in [4.78, 5) is 4.00. The van der Waals surface area contributed by atoms with Gasteiger partial charge in [-0.25, -0.2) is 9.67 Å². The predicted molar refractivity (Wildman–Crippen MR) is 92.1 cm³/mol. The van der Waals surface area contributed by atoms with Crippen LogP contribution < -0.4 is 4.74 Å². The molecule has 7 heteroatoms. The lowest BCUT2D eigenvalue weighted by molar-refractivity contribution is -0.155. The molecule has 134 valence electrons. The highest BCUT2D eigenvalue weighted by Gasteiger charge is 2.36. The summed E-state index contributed by atoms with van der Waals surface area (Å²) in [6.07, 6.45) is 3.52. The van der Waals surface area contributed by atoms with E-state index in [0.29, 0.717) is 31.9 Å². The van der Waals surface area contributed by atoms with Gasteiger partial charge < -0.3 is 19.3 Å². The number of aromatic nitrogens is 3. The summed E-state index contributed by atoms with van der Waals surface area (Å²) < 4.78 is 17.8. The highest BCUT2D eigenvalue weighted by molar-refractivity contribution is 5.53. The molecule has 0 radical (unpaired) electrons. The van der Waals surface area contributed by atoms with Gasteiger partial charge in [-0.2, -0.15) is 5.10 Å². The quantitative estimate of drug-likeness (QED) is 0.811. The van der Waals surface area contributed by atoms with Crippen molar-refractivity contribution in [1.82, 2.24) is 14.8 Å². The average Bonchev–Trinajstić information content (AvgIpc) is 3.16. The van der Waals surface area contributed by atoms with Crippen molar-refractivity contribution in [2.75, 3.05) is 26.6 Å². The molecule has 1 aliphatic rings. The Hall–Kier alpha value is -2.38. The Morgan fingerprint density at radius 3 is 2.60 bits per heavy atom. The molecular formula is C18H23N3O4. The van der Waals surface area contributed by atoms with E-state index >= 15 is 0 Å². The Morgan fingerprint density at radius 1 is 1.28 bits per heavy atom. The van der Waals surface area contributed by atoms with Crippen LogP contribution in [0.15, 0.2) is 42.7 Å². The van der Waals surface area contributed by atoms with Crippen molar-refractivity contribution in [2.24, 2.45) is 5.41 Å². The van der Waals surface area contributed by atoms with Crippen molar-refractivity contribution >= 4 is 5.70 Å². The van der Waals surface area contributed by atoms with Gasteiger partial charge in [-0.15, -0.1) is 0 Å². The summed E-state index contributed by atoms with van der Waals surface area (Å²) in [7, 11) is 0. The molecule has 0 bridgehead atoms. The van der Waals surface area contributed by atoms with Crippen LogP contribution in [-0.4, -0.2) is 46.5 Å². The van der Waals surface area contributed by atoms with Gasteiger partial charge in [0, 0.05) is 6.42 Å². The van der Waals surface area contributed by atoms with E-state index in [1.165, 1.54) is 6.33 Å². The molecule has 1 N–H and O–H groups in total. The van der Waals surface area contributed by atoms with Crippen LogP contribution in [0.1, 0.15) is 19.4 Å². The minimum absolute atomic E-state index is 0.201. The molecule has 1 saturated heterocycles. The van der Waals surface area contributed by atoms with Crippen LogP contribution in [0.5, 0.6) is 5.75 Å². The number of aliphatic hydroxyl groups excluding tert-OH is 1. The standard InChI is InChI=1S/C18H23N3O4/c1-3-25-15-6-4-14(5-7-15)8-16(21-12-19-11-20-21)17(22)18(2)9-23-13-24-10-18/h4-7,11-12,22H,3,8-10,13H2,1-2H3/b17-16+. The van der Waals surface area contributed by atoms with Crippen LogP contribution in [0.25, 0.3) is 5.70 Å². The molecule has 25 heavy (non-hydrogen) atoms. The van der Waals surface area contributed by atoms with Gasteiger partial charge in [0.15, 0.2) is 0 Å². The SMILES string of the molecule is CCOc1ccc(C/C(=C(\O)C2(C)COCOC2)n2cncn2)cc1. The molecule has 0 spiro atoms. The number of aliphatic hydroxyl groups is 1. The highest BCUT2D eigenvalue weighted by Crippen LogP contribution is 2.33. The van der Waals surface area contributed by atoms with Crippen molar-refractivity contribution in [3.8, 4) is 5.75 Å². The molecule has 1 aliphatic heterocycles. The van der Waals surface area contributed by atoms with Crippen molar-refractivity contribution in [2.45, 2.75) is 20.3 Å². The van der Waals surface area contributed by atoms with E-state index in [0.717, 1.165) is 11.3 Å². The van der Waals surface area contributed by atoms with Crippen LogP contribution in [0.2, 0.25) is 0 Å². The van der Waals surface area contributed by atoms with E-state index in [9.17, 15) is 5.11 Å². The minimum atomic E-state index is -0.620. The second kappa shape index (κ2) is 7.67. The first-order valence-electron chi connectivity index (χ1n) is 8.27. The van der Waals surface area contributed by atoms with E-state index in [1.54, 1.807) is 11.0 Å². The largest absolute Gasteiger partial charge is 0.510 e. The molecule has 1 aromatic heterocycles. The summed E-state index contributed by atoms with van der Waals surface area (Å²) in [5.74, 6) is 1.02. The topological polar surface area (TPSA) is 78.6 Å². The van der Waals surface area contributed by atoms with E-state index < -0.39 is 5.41 Å². The summed E-state index contributed by atoms with van der Waals surface area (Å²) in [6.45, 7) is 5.52. The maximum absolute atomic E-state index is 11.0. The lowest BCUT2D eigenvalue weighted by Gasteiger charge is -2.33. The van der Waals surface area contributed by atoms with Crippen LogP contribution in [0, 0.1) is 5.41 Å². The van der Waals surface area contributed by atoms with Crippen molar-refractivity contribution in [3.63, 3.8) is 0 Å². The fourth-order valence-electron chi connectivity index (χ4n) is 2.80. The molecule has 0 saturated carbocycles. The van der Waals surface area contributed by atoms with E-state index in [2.05, 4.69) is 10.1 Å². The molecule has 7 nitrogen and oxygen atoms in total. The number of rotatable bonds is 6. The first-order valence-corrected chi connectivity index (χ1v) is 8.27. The maximum atomic E-state index is 11.0. The third-order valence-corrected chi connectivity index (χ3v) is 4.15. The number of hydrogen-bond acceptors (Lipinski definition) is 6. The fourth-order valence-corrected chi connectivity index (χ4v) is 2.80. The van der Waals surface area contributed by atoms with Crippen LogP contribution in [0.3, 0.4) is 0 Å². The van der Waals surface area contributed by atoms with Crippen LogP contribution >= 0.6 is 0 Å². The predicted octanol–water partition coefficient (Wildman–Crippen LogP) is 2.66. The van der Waals surface area contributed by atoms with Crippen LogP contribution in [0.4, 0.5) is 0 Å². The molecule has 0 unspecified atom stereocenters. The van der Waals surface area contributed by atoms with E-state index in [1.807, 2.05) is 38.1 Å². The molecule has 0 amide bonds. The Balaban J connectivity index is 1.91. The van der Waals surface area contributed by atoms with Crippen LogP contribution in [-0.2, 0) is 15.9 Å². The number of benzene rings is 1. The number of allylic oxidation sites excluding steroid dienone is 1. The third kappa shape index (κ3) is 4.00. The zero-order valence-electron chi connectivity index (χ0n) is 14.5. The maximum Gasteiger partial charge on any atom is 0.146 e. The molecular weight excluding hydrogens is 322 g/mol. The van der Waals surface area contributed by atoms with Crippen molar-refractivity contribution in [1.29, 1.82) is 0 Å². The van der Waals surface area contributed by atoms with Gasteiger partial charge in [0.2, 0.25) is 0 Å². The highest BCUT2D eigenvalue weighted by atomic mass is 16.7. The molecule has 2 heterocycles. The number of ether oxygens (including phenoxy) is 3. The van der Waals surface area contributed by atoms with Gasteiger partial charge in [0.25, 0.3) is 0 Å². The van der Waals surface area contributed by atoms with Gasteiger partial charge in [0.1, 0.15) is 31.0 Å². The molecule has 3 rings (SSSR count). The molecule has 0 aliphatic carbocycles. The summed E-state index contributed by atoms with van der Waals surface area (Å²) in [5.41, 5.74) is 1.06. The zero-order chi connectivity index (χ0) is 17.7. The fraction of sp³-hybridized carbons (Fsp3) is 0.444. The Kier molecular flexibility index (Phi) is 5.35. The number of nitrogens with zero attached hydrogens (tertiary/aromatic N) is 3. The van der Waals surface area contributed by atoms with Gasteiger partial charge >= 0.3 is 0 Å². The second-order valence-corrected chi connectivity index (χ2v) is 6.26. The second-order valence-electron chi connectivity index (χ2n) is 6.26. The third-order valence-electron chi connectivity index (χ3n) is 4.15. The van der Waals surface area contributed by atoms with Gasteiger partial charge in [-0.1, -0.05) is 12.1 Å². The Bertz CT molecular complexity index is 704. The lowest BCUT2D eigenvalue weighted by Crippen LogP contribution is -2.37. The molecule has 2 aromatic rings. The molecule has 1 fully saturated rings. The van der Waals surface area contributed by atoms with Gasteiger partial charge in [0.05, 0.1) is 30.9 Å². The first-order chi connectivity index (χ1) is 12.1. The number of hydrogen-bond donors (Lipinski definition) is 1. The van der Waals surface area contributed by atoms with E-state index in [-0.39, 0.29) is 12.6 Å². The zero-order valence-corrected chi connectivity index (χ0v) is 14.5. The smallest absolute Gasteiger partial charge is 0.146 e. The molecule has 0 atom stereocenters. The lowest BCUT2D eigenvalue weighted by atomic mass is 9.87. The van der Waals surface area contributed by atoms with Crippen molar-refractivity contribution < 1.29 is 19.3 Å². The van der Waals surface area contributed by atoms with Gasteiger partial charge in [-0.05, 0) is 31.5 Å². The van der Waals surface area contributed by atoms with E-state index in [4.69, 9.17) is 14.2 Å². The minimum Gasteiger partial charge on any atom is -0.510 e. The van der Waals surface area contributed by atoms with Crippen molar-refractivity contribution in [3.05, 3.63) is 48.2 Å². The Morgan fingerprint density at radius 2 is 2.00 bits per heavy atom. The molecule has 1 aromatic carbocycles.